The smallest absolute Gasteiger partial charge is 0.223 e. The molecule has 0 N–H and O–H groups in total. The predicted octanol–water partition coefficient (Wildman–Crippen LogP) is 2.21. The SMILES string of the molecule is CC(=O)N(C)c1cn(-c2cccnc2C)nc1Cl. The molecule has 0 atom stereocenters. The summed E-state index contributed by atoms with van der Waals surface area (Å²) in [6.45, 7) is 3.36. The van der Waals surface area contributed by atoms with Crippen LogP contribution in [0.3, 0.4) is 0 Å². The van der Waals surface area contributed by atoms with Crippen LogP contribution in [0.4, 0.5) is 5.69 Å². The van der Waals surface area contributed by atoms with Crippen molar-refractivity contribution in [3.05, 3.63) is 35.4 Å². The molecule has 2 rings (SSSR count). The molecule has 0 saturated heterocycles. The highest BCUT2D eigenvalue weighted by Crippen LogP contribution is 2.25. The predicted molar refractivity (Wildman–Crippen MR) is 70.2 cm³/mol. The highest BCUT2D eigenvalue weighted by Gasteiger charge is 2.15. The Kier molecular flexibility index (Phi) is 3.34. The summed E-state index contributed by atoms with van der Waals surface area (Å²) in [6.07, 6.45) is 3.43. The minimum atomic E-state index is -0.0978. The van der Waals surface area contributed by atoms with E-state index < -0.39 is 0 Å². The van der Waals surface area contributed by atoms with E-state index >= 15 is 0 Å². The van der Waals surface area contributed by atoms with Crippen LogP contribution in [-0.2, 0) is 4.79 Å². The van der Waals surface area contributed by atoms with Gasteiger partial charge in [0.15, 0.2) is 5.15 Å². The summed E-state index contributed by atoms with van der Waals surface area (Å²) in [5.41, 5.74) is 2.25. The van der Waals surface area contributed by atoms with Crippen molar-refractivity contribution in [2.75, 3.05) is 11.9 Å². The van der Waals surface area contributed by atoms with Crippen LogP contribution in [0.15, 0.2) is 24.5 Å². The molecule has 2 aromatic rings. The number of carbonyl (C=O) groups is 1. The summed E-state index contributed by atoms with van der Waals surface area (Å²) < 4.78 is 1.62. The van der Waals surface area contributed by atoms with Crippen molar-refractivity contribution >= 4 is 23.2 Å². The molecule has 0 aliphatic rings. The third kappa shape index (κ3) is 2.22. The lowest BCUT2D eigenvalue weighted by Gasteiger charge is -2.11. The number of hydrogen-bond donors (Lipinski definition) is 0. The largest absolute Gasteiger partial charge is 0.312 e. The molecule has 0 fully saturated rings. The highest BCUT2D eigenvalue weighted by atomic mass is 35.5. The lowest BCUT2D eigenvalue weighted by molar-refractivity contribution is -0.116. The van der Waals surface area contributed by atoms with Gasteiger partial charge < -0.3 is 4.90 Å². The van der Waals surface area contributed by atoms with Gasteiger partial charge in [-0.2, -0.15) is 5.10 Å². The van der Waals surface area contributed by atoms with Gasteiger partial charge >= 0.3 is 0 Å². The van der Waals surface area contributed by atoms with Crippen molar-refractivity contribution < 1.29 is 4.79 Å². The lowest BCUT2D eigenvalue weighted by atomic mass is 10.3. The second-order valence-electron chi connectivity index (χ2n) is 3.94. The Bertz CT molecular complexity index is 594. The Balaban J connectivity index is 2.47. The number of nitrogens with zero attached hydrogens (tertiary/aromatic N) is 4. The monoisotopic (exact) mass is 264 g/mol. The number of pyridine rings is 1. The zero-order valence-corrected chi connectivity index (χ0v) is 11.1. The van der Waals surface area contributed by atoms with Crippen LogP contribution in [0.1, 0.15) is 12.6 Å². The van der Waals surface area contributed by atoms with Crippen LogP contribution < -0.4 is 4.90 Å². The molecule has 2 aromatic heterocycles. The molecule has 0 aliphatic carbocycles. The topological polar surface area (TPSA) is 51.0 Å². The van der Waals surface area contributed by atoms with Gasteiger partial charge in [0.25, 0.3) is 0 Å². The number of amides is 1. The lowest BCUT2D eigenvalue weighted by Crippen LogP contribution is -2.22. The Hall–Kier alpha value is -1.88. The molecule has 94 valence electrons. The van der Waals surface area contributed by atoms with E-state index in [-0.39, 0.29) is 11.1 Å². The summed E-state index contributed by atoms with van der Waals surface area (Å²) in [5, 5.41) is 4.48. The van der Waals surface area contributed by atoms with Gasteiger partial charge in [-0.15, -0.1) is 0 Å². The standard InChI is InChI=1S/C12H13ClN4O/c1-8-10(5-4-6-14-8)17-7-11(12(13)15-17)16(3)9(2)18/h4-7H,1-3H3. The van der Waals surface area contributed by atoms with Crippen LogP contribution in [-0.4, -0.2) is 27.7 Å². The third-order valence-electron chi connectivity index (χ3n) is 2.71. The van der Waals surface area contributed by atoms with Crippen LogP contribution in [0.5, 0.6) is 0 Å². The molecule has 5 nitrogen and oxygen atoms in total. The number of aromatic nitrogens is 3. The van der Waals surface area contributed by atoms with Crippen LogP contribution in [0, 0.1) is 6.92 Å². The van der Waals surface area contributed by atoms with E-state index in [0.717, 1.165) is 11.4 Å². The van der Waals surface area contributed by atoms with Gasteiger partial charge in [-0.3, -0.25) is 9.78 Å². The van der Waals surface area contributed by atoms with E-state index in [2.05, 4.69) is 10.1 Å². The fourth-order valence-corrected chi connectivity index (χ4v) is 1.84. The maximum Gasteiger partial charge on any atom is 0.223 e. The van der Waals surface area contributed by atoms with Crippen molar-refractivity contribution in [2.24, 2.45) is 0 Å². The van der Waals surface area contributed by atoms with Crippen molar-refractivity contribution in [3.63, 3.8) is 0 Å². The van der Waals surface area contributed by atoms with Crippen LogP contribution >= 0.6 is 11.6 Å². The van der Waals surface area contributed by atoms with Gasteiger partial charge in [-0.1, -0.05) is 11.6 Å². The molecule has 0 radical (unpaired) electrons. The van der Waals surface area contributed by atoms with E-state index in [1.165, 1.54) is 11.8 Å². The quantitative estimate of drug-likeness (QED) is 0.836. The van der Waals surface area contributed by atoms with Gasteiger partial charge in [0.2, 0.25) is 5.91 Å². The van der Waals surface area contributed by atoms with Gasteiger partial charge in [0.05, 0.1) is 17.6 Å². The summed E-state index contributed by atoms with van der Waals surface area (Å²) >= 11 is 6.04. The maximum absolute atomic E-state index is 11.3. The molecular weight excluding hydrogens is 252 g/mol. The van der Waals surface area contributed by atoms with E-state index in [9.17, 15) is 4.79 Å². The van der Waals surface area contributed by atoms with Gasteiger partial charge in [-0.25, -0.2) is 4.68 Å². The molecule has 1 amide bonds. The van der Waals surface area contributed by atoms with E-state index in [4.69, 9.17) is 11.6 Å². The average Bonchev–Trinajstić information content (AvgIpc) is 2.70. The number of anilines is 1. The normalized spacial score (nSPS) is 10.4. The van der Waals surface area contributed by atoms with Gasteiger partial charge in [-0.05, 0) is 19.1 Å². The molecule has 0 aromatic carbocycles. The van der Waals surface area contributed by atoms with E-state index in [0.29, 0.717) is 5.69 Å². The minimum absolute atomic E-state index is 0.0978. The second-order valence-corrected chi connectivity index (χ2v) is 4.29. The van der Waals surface area contributed by atoms with E-state index in [1.807, 2.05) is 19.1 Å². The fraction of sp³-hybridized carbons (Fsp3) is 0.250. The van der Waals surface area contributed by atoms with Crippen molar-refractivity contribution in [1.82, 2.24) is 14.8 Å². The molecule has 0 spiro atoms. The average molecular weight is 265 g/mol. The zero-order valence-electron chi connectivity index (χ0n) is 10.4. The molecular formula is C12H13ClN4O. The third-order valence-corrected chi connectivity index (χ3v) is 2.98. The minimum Gasteiger partial charge on any atom is -0.312 e. The molecule has 0 unspecified atom stereocenters. The number of aryl methyl sites for hydroxylation is 1. The number of halogens is 1. The summed E-state index contributed by atoms with van der Waals surface area (Å²) in [7, 11) is 1.66. The Morgan fingerprint density at radius 1 is 1.50 bits per heavy atom. The van der Waals surface area contributed by atoms with Crippen LogP contribution in [0.2, 0.25) is 5.15 Å². The maximum atomic E-state index is 11.3. The van der Waals surface area contributed by atoms with Gasteiger partial charge in [0.1, 0.15) is 5.69 Å². The Morgan fingerprint density at radius 2 is 2.22 bits per heavy atom. The molecule has 0 saturated carbocycles. The Labute approximate surface area is 110 Å². The van der Waals surface area contributed by atoms with Crippen molar-refractivity contribution in [2.45, 2.75) is 13.8 Å². The summed E-state index contributed by atoms with van der Waals surface area (Å²) in [5.74, 6) is -0.0978. The van der Waals surface area contributed by atoms with Crippen molar-refractivity contribution in [1.29, 1.82) is 0 Å². The Morgan fingerprint density at radius 3 is 2.83 bits per heavy atom. The molecule has 18 heavy (non-hydrogen) atoms. The molecule has 6 heteroatoms. The first-order valence-electron chi connectivity index (χ1n) is 5.42. The summed E-state index contributed by atoms with van der Waals surface area (Å²) in [4.78, 5) is 17.0. The first-order chi connectivity index (χ1) is 8.50. The number of carbonyl (C=O) groups excluding carboxylic acids is 1. The summed E-state index contributed by atoms with van der Waals surface area (Å²) in [6, 6.07) is 3.72. The number of rotatable bonds is 2. The first kappa shape index (κ1) is 12.6. The molecule has 0 bridgehead atoms. The van der Waals surface area contributed by atoms with Crippen LogP contribution in [0.25, 0.3) is 5.69 Å². The molecule has 0 aliphatic heterocycles. The zero-order chi connectivity index (χ0) is 13.3. The second kappa shape index (κ2) is 4.78. The van der Waals surface area contributed by atoms with Crippen molar-refractivity contribution in [3.8, 4) is 5.69 Å². The van der Waals surface area contributed by atoms with Gasteiger partial charge in [0, 0.05) is 20.2 Å². The van der Waals surface area contributed by atoms with E-state index in [1.54, 1.807) is 24.1 Å². The number of hydrogen-bond acceptors (Lipinski definition) is 3. The first-order valence-corrected chi connectivity index (χ1v) is 5.80. The fourth-order valence-electron chi connectivity index (χ4n) is 1.58. The highest BCUT2D eigenvalue weighted by molar-refractivity contribution is 6.32. The molecule has 2 heterocycles.